The molecule has 1 aromatic heterocycles. The van der Waals surface area contributed by atoms with Crippen molar-refractivity contribution in [2.75, 3.05) is 5.73 Å². The van der Waals surface area contributed by atoms with E-state index in [-0.39, 0.29) is 17.8 Å². The van der Waals surface area contributed by atoms with Crippen LogP contribution in [-0.4, -0.2) is 9.13 Å². The molecule has 0 saturated heterocycles. The summed E-state index contributed by atoms with van der Waals surface area (Å²) in [7, 11) is 0. The first-order chi connectivity index (χ1) is 9.01. The summed E-state index contributed by atoms with van der Waals surface area (Å²) < 4.78 is 3.51. The number of hydrogen-bond acceptors (Lipinski definition) is 3. The number of nitrogens with two attached hydrogens (primary N) is 1. The number of hydrogen-bond donors (Lipinski definition) is 1. The van der Waals surface area contributed by atoms with Gasteiger partial charge in [0.25, 0.3) is 5.56 Å². The van der Waals surface area contributed by atoms with Crippen molar-refractivity contribution in [2.45, 2.75) is 20.0 Å². The molecule has 100 valence electrons. The minimum atomic E-state index is -0.312. The van der Waals surface area contributed by atoms with Gasteiger partial charge in [0, 0.05) is 29.0 Å². The molecule has 2 rings (SSSR count). The molecule has 0 aliphatic carbocycles. The Labute approximate surface area is 118 Å². The topological polar surface area (TPSA) is 70.0 Å². The maximum Gasteiger partial charge on any atom is 0.331 e. The van der Waals surface area contributed by atoms with Crippen LogP contribution in [0.3, 0.4) is 0 Å². The molecule has 0 spiro atoms. The second kappa shape index (κ2) is 5.44. The summed E-state index contributed by atoms with van der Waals surface area (Å²) in [5.74, 6) is 0. The van der Waals surface area contributed by atoms with Gasteiger partial charge in [-0.1, -0.05) is 15.9 Å². The Morgan fingerprint density at radius 1 is 1.26 bits per heavy atom. The number of aryl methyl sites for hydroxylation is 1. The minimum absolute atomic E-state index is 0.210. The summed E-state index contributed by atoms with van der Waals surface area (Å²) in [5.41, 5.74) is 6.51. The van der Waals surface area contributed by atoms with Gasteiger partial charge in [0.15, 0.2) is 0 Å². The lowest BCUT2D eigenvalue weighted by atomic mass is 10.2. The number of halogens is 1. The molecule has 0 atom stereocenters. The highest BCUT2D eigenvalue weighted by molar-refractivity contribution is 9.10. The van der Waals surface area contributed by atoms with E-state index in [0.29, 0.717) is 12.2 Å². The smallest absolute Gasteiger partial charge is 0.331 e. The second-order valence-corrected chi connectivity index (χ2v) is 5.12. The van der Waals surface area contributed by atoms with Crippen molar-refractivity contribution >= 4 is 21.6 Å². The van der Waals surface area contributed by atoms with Crippen LogP contribution in [0, 0.1) is 0 Å². The highest BCUT2D eigenvalue weighted by Crippen LogP contribution is 2.17. The summed E-state index contributed by atoms with van der Waals surface area (Å²) in [6.45, 7) is 2.59. The highest BCUT2D eigenvalue weighted by atomic mass is 79.9. The van der Waals surface area contributed by atoms with Gasteiger partial charge in [0.05, 0.1) is 6.54 Å². The van der Waals surface area contributed by atoms with Crippen molar-refractivity contribution < 1.29 is 0 Å². The molecule has 5 nitrogen and oxygen atoms in total. The third-order valence-electron chi connectivity index (χ3n) is 2.80. The Bertz CT molecular complexity index is 698. The van der Waals surface area contributed by atoms with Gasteiger partial charge >= 0.3 is 5.69 Å². The van der Waals surface area contributed by atoms with Crippen LogP contribution >= 0.6 is 15.9 Å². The number of nitrogen functional groups attached to an aromatic ring is 1. The number of nitrogens with zero attached hydrogens (tertiary/aromatic N) is 2. The molecule has 1 aromatic carbocycles. The lowest BCUT2D eigenvalue weighted by Gasteiger charge is -2.09. The molecule has 0 unspecified atom stereocenters. The third-order valence-corrected chi connectivity index (χ3v) is 3.26. The lowest BCUT2D eigenvalue weighted by Crippen LogP contribution is -2.38. The van der Waals surface area contributed by atoms with Crippen LogP contribution in [0.15, 0.2) is 44.5 Å². The highest BCUT2D eigenvalue weighted by Gasteiger charge is 2.06. The van der Waals surface area contributed by atoms with Crippen LogP contribution in [0.2, 0.25) is 0 Å². The van der Waals surface area contributed by atoms with Gasteiger partial charge in [-0.15, -0.1) is 0 Å². The standard InChI is InChI=1S/C13H14BrN3O2/c1-2-16-4-3-12(18)17(13(16)19)8-9-5-10(14)7-11(15)6-9/h3-7H,2,8,15H2,1H3. The lowest BCUT2D eigenvalue weighted by molar-refractivity contribution is 0.600. The number of aromatic nitrogens is 2. The Balaban J connectivity index is 2.49. The van der Waals surface area contributed by atoms with E-state index in [1.165, 1.54) is 21.4 Å². The molecule has 6 heteroatoms. The van der Waals surface area contributed by atoms with Crippen molar-refractivity contribution in [3.8, 4) is 0 Å². The normalized spacial score (nSPS) is 10.6. The molecule has 0 radical (unpaired) electrons. The van der Waals surface area contributed by atoms with Gasteiger partial charge in [-0.2, -0.15) is 0 Å². The van der Waals surface area contributed by atoms with Crippen LogP contribution in [-0.2, 0) is 13.1 Å². The summed E-state index contributed by atoms with van der Waals surface area (Å²) in [6, 6.07) is 6.75. The van der Waals surface area contributed by atoms with Crippen LogP contribution in [0.4, 0.5) is 5.69 Å². The maximum absolute atomic E-state index is 12.1. The molecule has 0 bridgehead atoms. The van der Waals surface area contributed by atoms with Crippen molar-refractivity contribution in [3.63, 3.8) is 0 Å². The molecule has 0 fully saturated rings. The Morgan fingerprint density at radius 2 is 2.00 bits per heavy atom. The Kier molecular flexibility index (Phi) is 3.90. The maximum atomic E-state index is 12.1. The van der Waals surface area contributed by atoms with E-state index in [4.69, 9.17) is 5.73 Å². The Morgan fingerprint density at radius 3 is 2.63 bits per heavy atom. The fourth-order valence-electron chi connectivity index (χ4n) is 1.89. The first-order valence-corrected chi connectivity index (χ1v) is 6.66. The number of benzene rings is 1. The number of anilines is 1. The fourth-order valence-corrected chi connectivity index (χ4v) is 2.45. The zero-order valence-electron chi connectivity index (χ0n) is 10.5. The van der Waals surface area contributed by atoms with Crippen molar-refractivity contribution in [2.24, 2.45) is 0 Å². The third kappa shape index (κ3) is 2.96. The predicted molar refractivity (Wildman–Crippen MR) is 78.3 cm³/mol. The van der Waals surface area contributed by atoms with E-state index in [2.05, 4.69) is 15.9 Å². The van der Waals surface area contributed by atoms with Crippen molar-refractivity contribution in [1.29, 1.82) is 0 Å². The average Bonchev–Trinajstić information content (AvgIpc) is 2.33. The molecular formula is C13H14BrN3O2. The van der Waals surface area contributed by atoms with Gasteiger partial charge in [0.2, 0.25) is 0 Å². The molecule has 0 aliphatic rings. The summed E-state index contributed by atoms with van der Waals surface area (Å²) in [5, 5.41) is 0. The van der Waals surface area contributed by atoms with Gasteiger partial charge in [-0.25, -0.2) is 4.79 Å². The largest absolute Gasteiger partial charge is 0.399 e. The first kappa shape index (κ1) is 13.6. The van der Waals surface area contributed by atoms with Crippen molar-refractivity contribution in [3.05, 3.63) is 61.3 Å². The fraction of sp³-hybridized carbons (Fsp3) is 0.231. The second-order valence-electron chi connectivity index (χ2n) is 4.20. The van der Waals surface area contributed by atoms with Crippen LogP contribution < -0.4 is 17.0 Å². The summed E-state index contributed by atoms with van der Waals surface area (Å²) in [6.07, 6.45) is 1.51. The number of rotatable bonds is 3. The quantitative estimate of drug-likeness (QED) is 0.868. The molecule has 2 aromatic rings. The average molecular weight is 324 g/mol. The summed E-state index contributed by atoms with van der Waals surface area (Å²) >= 11 is 3.34. The first-order valence-electron chi connectivity index (χ1n) is 5.86. The van der Waals surface area contributed by atoms with Crippen LogP contribution in [0.25, 0.3) is 0 Å². The molecule has 1 heterocycles. The van der Waals surface area contributed by atoms with Gasteiger partial charge in [-0.05, 0) is 30.7 Å². The molecule has 0 aliphatic heterocycles. The van der Waals surface area contributed by atoms with Gasteiger partial charge in [0.1, 0.15) is 0 Å². The van der Waals surface area contributed by atoms with Gasteiger partial charge < -0.3 is 10.3 Å². The zero-order valence-corrected chi connectivity index (χ0v) is 12.1. The molecule has 2 N–H and O–H groups in total. The SMILES string of the molecule is CCn1ccc(=O)n(Cc2cc(N)cc(Br)c2)c1=O. The minimum Gasteiger partial charge on any atom is -0.399 e. The van der Waals surface area contributed by atoms with E-state index >= 15 is 0 Å². The molecule has 0 amide bonds. The van der Waals surface area contributed by atoms with Crippen LogP contribution in [0.1, 0.15) is 12.5 Å². The van der Waals surface area contributed by atoms with E-state index in [1.807, 2.05) is 13.0 Å². The van der Waals surface area contributed by atoms with Crippen molar-refractivity contribution in [1.82, 2.24) is 9.13 Å². The monoisotopic (exact) mass is 323 g/mol. The van der Waals surface area contributed by atoms with Crippen LogP contribution in [0.5, 0.6) is 0 Å². The van der Waals surface area contributed by atoms with E-state index < -0.39 is 0 Å². The molecule has 19 heavy (non-hydrogen) atoms. The van der Waals surface area contributed by atoms with E-state index in [0.717, 1.165) is 10.0 Å². The summed E-state index contributed by atoms with van der Waals surface area (Å²) in [4.78, 5) is 23.9. The molecule has 0 saturated carbocycles. The Hall–Kier alpha value is -1.82. The predicted octanol–water partition coefficient (Wildman–Crippen LogP) is 1.42. The van der Waals surface area contributed by atoms with E-state index in [9.17, 15) is 9.59 Å². The molecular weight excluding hydrogens is 310 g/mol. The van der Waals surface area contributed by atoms with Gasteiger partial charge in [-0.3, -0.25) is 9.36 Å². The zero-order chi connectivity index (χ0) is 14.0. The van der Waals surface area contributed by atoms with E-state index in [1.54, 1.807) is 12.1 Å².